The van der Waals surface area contributed by atoms with E-state index in [9.17, 15) is 0 Å². The Bertz CT molecular complexity index is 341. The van der Waals surface area contributed by atoms with Crippen molar-refractivity contribution in [2.24, 2.45) is 5.92 Å². The summed E-state index contributed by atoms with van der Waals surface area (Å²) in [5.74, 6) is 0.634. The zero-order valence-electron chi connectivity index (χ0n) is 9.97. The summed E-state index contributed by atoms with van der Waals surface area (Å²) in [5.41, 5.74) is 1.10. The first-order valence-electron chi connectivity index (χ1n) is 5.97. The van der Waals surface area contributed by atoms with E-state index in [0.717, 1.165) is 0 Å². The van der Waals surface area contributed by atoms with Gasteiger partial charge < -0.3 is 14.2 Å². The number of hydrogen-bond donors (Lipinski definition) is 0. The van der Waals surface area contributed by atoms with Crippen LogP contribution in [0.1, 0.15) is 20.8 Å². The molecule has 3 rings (SSSR count). The Labute approximate surface area is 98.7 Å². The maximum atomic E-state index is 6.10. The van der Waals surface area contributed by atoms with Crippen molar-refractivity contribution in [2.75, 3.05) is 6.61 Å². The van der Waals surface area contributed by atoms with Crippen LogP contribution in [0.3, 0.4) is 0 Å². The fourth-order valence-electron chi connectivity index (χ4n) is 3.19. The molecule has 1 saturated carbocycles. The highest BCUT2D eigenvalue weighted by Crippen LogP contribution is 2.64. The number of ether oxygens (including phenoxy) is 3. The van der Waals surface area contributed by atoms with E-state index < -0.39 is 0 Å². The molecule has 2 saturated heterocycles. The van der Waals surface area contributed by atoms with Gasteiger partial charge >= 0.3 is 0 Å². The summed E-state index contributed by atoms with van der Waals surface area (Å²) in [6.07, 6.45) is 2.94. The van der Waals surface area contributed by atoms with Gasteiger partial charge in [0, 0.05) is 0 Å². The van der Waals surface area contributed by atoms with Gasteiger partial charge in [-0.15, -0.1) is 9.24 Å². The number of allylic oxidation sites excluding steroid dienone is 1. The second-order valence-corrected chi connectivity index (χ2v) is 5.78. The molecular weight excluding hydrogens is 223 g/mol. The SMILES string of the molecule is C/C=C1/C2OC3C(P)OC1(COC(C)C)C23. The molecule has 6 unspecified atom stereocenters. The Morgan fingerprint density at radius 2 is 2.31 bits per heavy atom. The highest BCUT2D eigenvalue weighted by atomic mass is 31.0. The molecule has 3 fully saturated rings. The van der Waals surface area contributed by atoms with Crippen LogP contribution in [-0.2, 0) is 14.2 Å². The van der Waals surface area contributed by atoms with Crippen LogP contribution in [0.2, 0.25) is 0 Å². The molecule has 0 N–H and O–H groups in total. The standard InChI is InChI=1S/C12H19O3P/c1-4-7-9-8-10(14-9)11(16)15-12(7,8)5-13-6(2)3/h4,6,8-11H,5,16H2,1-3H3/b7-4-. The second kappa shape index (κ2) is 3.52. The van der Waals surface area contributed by atoms with E-state index in [4.69, 9.17) is 14.2 Å². The first-order valence-corrected chi connectivity index (χ1v) is 6.64. The van der Waals surface area contributed by atoms with Gasteiger partial charge in [0.05, 0.1) is 36.7 Å². The van der Waals surface area contributed by atoms with Gasteiger partial charge in [-0.25, -0.2) is 0 Å². The van der Waals surface area contributed by atoms with Gasteiger partial charge in [0.1, 0.15) is 5.60 Å². The summed E-state index contributed by atoms with van der Waals surface area (Å²) in [7, 11) is 2.74. The molecule has 16 heavy (non-hydrogen) atoms. The molecule has 2 heterocycles. The lowest BCUT2D eigenvalue weighted by molar-refractivity contribution is -0.232. The van der Waals surface area contributed by atoms with Crippen LogP contribution in [0.15, 0.2) is 11.6 Å². The molecule has 0 aromatic heterocycles. The number of rotatable bonds is 3. The molecule has 0 spiro atoms. The predicted octanol–water partition coefficient (Wildman–Crippen LogP) is 1.73. The first kappa shape index (κ1) is 11.2. The molecule has 0 bridgehead atoms. The van der Waals surface area contributed by atoms with Crippen LogP contribution in [0.4, 0.5) is 0 Å². The predicted molar refractivity (Wildman–Crippen MR) is 64.3 cm³/mol. The van der Waals surface area contributed by atoms with Crippen LogP contribution < -0.4 is 0 Å². The van der Waals surface area contributed by atoms with Gasteiger partial charge in [-0.05, 0) is 26.3 Å². The molecule has 6 atom stereocenters. The van der Waals surface area contributed by atoms with Gasteiger partial charge in [-0.2, -0.15) is 0 Å². The smallest absolute Gasteiger partial charge is 0.124 e. The summed E-state index contributed by atoms with van der Waals surface area (Å²) in [6, 6.07) is 0. The molecule has 90 valence electrons. The van der Waals surface area contributed by atoms with Crippen molar-refractivity contribution in [3.8, 4) is 0 Å². The summed E-state index contributed by atoms with van der Waals surface area (Å²) in [6.45, 7) is 6.84. The Hall–Kier alpha value is 0.0500. The average Bonchev–Trinajstić information content (AvgIpc) is 2.30. The summed E-state index contributed by atoms with van der Waals surface area (Å²) >= 11 is 0. The molecule has 0 radical (unpaired) electrons. The largest absolute Gasteiger partial charge is 0.375 e. The maximum Gasteiger partial charge on any atom is 0.124 e. The molecule has 1 aliphatic carbocycles. The quantitative estimate of drug-likeness (QED) is 0.557. The van der Waals surface area contributed by atoms with E-state index >= 15 is 0 Å². The lowest BCUT2D eigenvalue weighted by Crippen LogP contribution is -2.71. The first-order chi connectivity index (χ1) is 7.60. The minimum absolute atomic E-state index is 0.120. The van der Waals surface area contributed by atoms with Crippen molar-refractivity contribution in [3.63, 3.8) is 0 Å². The fourth-order valence-corrected chi connectivity index (χ4v) is 3.76. The number of hydrogen-bond acceptors (Lipinski definition) is 3. The van der Waals surface area contributed by atoms with E-state index in [1.807, 2.05) is 0 Å². The van der Waals surface area contributed by atoms with E-state index in [2.05, 4.69) is 36.1 Å². The van der Waals surface area contributed by atoms with Gasteiger partial charge in [-0.1, -0.05) is 6.08 Å². The van der Waals surface area contributed by atoms with Crippen molar-refractivity contribution in [1.82, 2.24) is 0 Å². The molecule has 3 nitrogen and oxygen atoms in total. The van der Waals surface area contributed by atoms with Crippen LogP contribution in [0.5, 0.6) is 0 Å². The summed E-state index contributed by atoms with van der Waals surface area (Å²) in [5, 5.41) is 0. The molecule has 0 amide bonds. The van der Waals surface area contributed by atoms with Crippen LogP contribution >= 0.6 is 9.24 Å². The minimum Gasteiger partial charge on any atom is -0.375 e. The minimum atomic E-state index is -0.182. The Balaban J connectivity index is 1.82. The lowest BCUT2D eigenvalue weighted by atomic mass is 9.58. The molecule has 0 aromatic rings. The third-order valence-corrected chi connectivity index (χ3v) is 4.45. The Kier molecular flexibility index (Phi) is 2.46. The molecule has 4 heteroatoms. The fraction of sp³-hybridized carbons (Fsp3) is 0.833. The van der Waals surface area contributed by atoms with Crippen molar-refractivity contribution in [2.45, 2.75) is 50.5 Å². The van der Waals surface area contributed by atoms with Gasteiger partial charge in [0.2, 0.25) is 0 Å². The molecular formula is C12H19O3P. The molecule has 3 aliphatic rings. The van der Waals surface area contributed by atoms with E-state index in [1.54, 1.807) is 0 Å². The van der Waals surface area contributed by atoms with Crippen molar-refractivity contribution in [1.29, 1.82) is 0 Å². The zero-order chi connectivity index (χ0) is 11.5. The Morgan fingerprint density at radius 3 is 2.94 bits per heavy atom. The summed E-state index contributed by atoms with van der Waals surface area (Å²) < 4.78 is 17.7. The Morgan fingerprint density at radius 1 is 1.56 bits per heavy atom. The average molecular weight is 242 g/mol. The van der Waals surface area contributed by atoms with Gasteiger partial charge in [0.15, 0.2) is 0 Å². The van der Waals surface area contributed by atoms with Crippen molar-refractivity contribution < 1.29 is 14.2 Å². The normalized spacial score (nSPS) is 51.4. The highest BCUT2D eigenvalue weighted by molar-refractivity contribution is 7.17. The van der Waals surface area contributed by atoms with Crippen LogP contribution in [0, 0.1) is 5.92 Å². The van der Waals surface area contributed by atoms with Crippen molar-refractivity contribution in [3.05, 3.63) is 11.6 Å². The van der Waals surface area contributed by atoms with Crippen molar-refractivity contribution >= 4 is 9.24 Å². The third kappa shape index (κ3) is 1.18. The second-order valence-electron chi connectivity index (χ2n) is 5.12. The van der Waals surface area contributed by atoms with Crippen LogP contribution in [-0.4, -0.2) is 36.4 Å². The zero-order valence-corrected chi connectivity index (χ0v) is 11.1. The van der Waals surface area contributed by atoms with E-state index in [1.165, 1.54) is 5.57 Å². The monoisotopic (exact) mass is 242 g/mol. The lowest BCUT2D eigenvalue weighted by Gasteiger charge is -2.59. The molecule has 0 aromatic carbocycles. The van der Waals surface area contributed by atoms with Crippen LogP contribution in [0.25, 0.3) is 0 Å². The molecule has 2 aliphatic heterocycles. The third-order valence-electron chi connectivity index (χ3n) is 3.93. The topological polar surface area (TPSA) is 27.7 Å². The van der Waals surface area contributed by atoms with E-state index in [0.29, 0.717) is 18.6 Å². The highest BCUT2D eigenvalue weighted by Gasteiger charge is 2.75. The van der Waals surface area contributed by atoms with E-state index in [-0.39, 0.29) is 23.7 Å². The summed E-state index contributed by atoms with van der Waals surface area (Å²) in [4.78, 5) is 0. The van der Waals surface area contributed by atoms with Gasteiger partial charge in [0.25, 0.3) is 0 Å². The maximum absolute atomic E-state index is 6.10. The van der Waals surface area contributed by atoms with Gasteiger partial charge in [-0.3, -0.25) is 0 Å².